The lowest BCUT2D eigenvalue weighted by Crippen LogP contribution is -2.60. The van der Waals surface area contributed by atoms with E-state index in [0.717, 1.165) is 44.0 Å². The zero-order valence-electron chi connectivity index (χ0n) is 18.8. The van der Waals surface area contributed by atoms with Crippen LogP contribution in [0.3, 0.4) is 0 Å². The van der Waals surface area contributed by atoms with Gasteiger partial charge in [0.1, 0.15) is 5.70 Å². The zero-order chi connectivity index (χ0) is 22.2. The summed E-state index contributed by atoms with van der Waals surface area (Å²) in [4.78, 5) is 22.5. The van der Waals surface area contributed by atoms with E-state index >= 15 is 0 Å². The van der Waals surface area contributed by atoms with Crippen LogP contribution in [0.15, 0.2) is 54.2 Å². The van der Waals surface area contributed by atoms with Crippen LogP contribution in [0.2, 0.25) is 5.02 Å². The third kappa shape index (κ3) is 4.43. The van der Waals surface area contributed by atoms with Crippen molar-refractivity contribution in [2.24, 2.45) is 0 Å². The first-order chi connectivity index (χ1) is 14.8. The summed E-state index contributed by atoms with van der Waals surface area (Å²) >= 11 is 6.09. The number of hydrogen-bond donors (Lipinski definition) is 0. The Hall–Kier alpha value is -2.50. The third-order valence-corrected chi connectivity index (χ3v) is 6.47. The van der Waals surface area contributed by atoms with Gasteiger partial charge in [-0.15, -0.1) is 0 Å². The van der Waals surface area contributed by atoms with E-state index in [1.165, 1.54) is 5.69 Å². The van der Waals surface area contributed by atoms with E-state index in [9.17, 15) is 4.79 Å². The minimum absolute atomic E-state index is 0.00857. The minimum atomic E-state index is -0.339. The molecule has 4 rings (SSSR count). The Morgan fingerprint density at radius 2 is 1.58 bits per heavy atom. The van der Waals surface area contributed by atoms with Gasteiger partial charge in [-0.25, -0.2) is 0 Å². The summed E-state index contributed by atoms with van der Waals surface area (Å²) in [6, 6.07) is 15.9. The monoisotopic (exact) mass is 438 g/mol. The molecule has 164 valence electrons. The number of para-hydroxylation sites is 1. The fourth-order valence-corrected chi connectivity index (χ4v) is 4.74. The van der Waals surface area contributed by atoms with Crippen molar-refractivity contribution in [3.63, 3.8) is 0 Å². The van der Waals surface area contributed by atoms with Crippen LogP contribution in [-0.2, 0) is 4.79 Å². The fraction of sp³-hybridized carbons (Fsp3) is 0.400. The van der Waals surface area contributed by atoms with Crippen LogP contribution in [0.1, 0.15) is 19.4 Å². The average molecular weight is 439 g/mol. The summed E-state index contributed by atoms with van der Waals surface area (Å²) in [6.45, 7) is 9.01. The topological polar surface area (TPSA) is 30.0 Å². The predicted molar refractivity (Wildman–Crippen MR) is 130 cm³/mol. The van der Waals surface area contributed by atoms with Gasteiger partial charge in [0.25, 0.3) is 5.91 Å². The van der Waals surface area contributed by atoms with Crippen LogP contribution < -0.4 is 9.80 Å². The lowest BCUT2D eigenvalue weighted by atomic mass is 9.95. The first kappa shape index (κ1) is 21.7. The molecule has 2 aliphatic heterocycles. The summed E-state index contributed by atoms with van der Waals surface area (Å²) in [5.41, 5.74) is 3.50. The number of amides is 1. The summed E-state index contributed by atoms with van der Waals surface area (Å²) in [7, 11) is 4.16. The molecule has 2 saturated heterocycles. The van der Waals surface area contributed by atoms with E-state index in [1.54, 1.807) is 0 Å². The minimum Gasteiger partial charge on any atom is -0.368 e. The highest BCUT2D eigenvalue weighted by molar-refractivity contribution is 6.30. The lowest BCUT2D eigenvalue weighted by Gasteiger charge is -2.47. The Morgan fingerprint density at radius 1 is 0.935 bits per heavy atom. The normalized spacial score (nSPS) is 21.1. The Bertz CT molecular complexity index is 977. The average Bonchev–Trinajstić information content (AvgIpc) is 2.73. The first-order valence-corrected chi connectivity index (χ1v) is 11.2. The summed E-state index contributed by atoms with van der Waals surface area (Å²) < 4.78 is 0. The summed E-state index contributed by atoms with van der Waals surface area (Å²) in [5.74, 6) is 0.00857. The van der Waals surface area contributed by atoms with Crippen LogP contribution in [0.4, 0.5) is 11.4 Å². The lowest BCUT2D eigenvalue weighted by molar-refractivity contribution is -0.119. The number of likely N-dealkylation sites (N-methyl/N-ethyl adjacent to an activating group) is 2. The van der Waals surface area contributed by atoms with Crippen LogP contribution in [-0.4, -0.2) is 68.1 Å². The van der Waals surface area contributed by atoms with Gasteiger partial charge in [0.05, 0.1) is 5.54 Å². The largest absolute Gasteiger partial charge is 0.368 e. The van der Waals surface area contributed by atoms with Crippen LogP contribution in [0.5, 0.6) is 0 Å². The Kier molecular flexibility index (Phi) is 6.00. The molecule has 2 aromatic carbocycles. The summed E-state index contributed by atoms with van der Waals surface area (Å²) in [6.07, 6.45) is 2.05. The second-order valence-electron chi connectivity index (χ2n) is 9.16. The number of anilines is 2. The van der Waals surface area contributed by atoms with Gasteiger partial charge in [0.15, 0.2) is 0 Å². The zero-order valence-corrected chi connectivity index (χ0v) is 19.6. The quantitative estimate of drug-likeness (QED) is 0.672. The molecule has 6 heteroatoms. The molecular weight excluding hydrogens is 408 g/mol. The number of benzene rings is 2. The molecule has 0 spiro atoms. The van der Waals surface area contributed by atoms with Crippen molar-refractivity contribution in [1.82, 2.24) is 9.80 Å². The van der Waals surface area contributed by atoms with Gasteiger partial charge in [-0.3, -0.25) is 9.69 Å². The number of rotatable bonds is 3. The standard InChI is InChI=1S/C25H31ClN4O/c1-25(2)18-28(4)23(24(31)30(25)21-11-9-20(26)10-12-21)17-19-7-5-6-8-22(19)29-15-13-27(3)14-16-29/h5-12,17H,13-16,18H2,1-4H3. The molecule has 2 aliphatic rings. The second kappa shape index (κ2) is 8.56. The van der Waals surface area contributed by atoms with Crippen molar-refractivity contribution < 1.29 is 4.79 Å². The number of nitrogens with zero attached hydrogens (tertiary/aromatic N) is 4. The van der Waals surface area contributed by atoms with E-state index in [0.29, 0.717) is 10.7 Å². The molecule has 2 aromatic rings. The van der Waals surface area contributed by atoms with Gasteiger partial charge in [-0.2, -0.15) is 0 Å². The number of carbonyl (C=O) groups excluding carboxylic acids is 1. The van der Waals surface area contributed by atoms with Crippen molar-refractivity contribution in [3.8, 4) is 0 Å². The van der Waals surface area contributed by atoms with Gasteiger partial charge in [0, 0.05) is 61.7 Å². The van der Waals surface area contributed by atoms with Crippen LogP contribution in [0.25, 0.3) is 6.08 Å². The molecule has 2 fully saturated rings. The van der Waals surface area contributed by atoms with Gasteiger partial charge in [0.2, 0.25) is 0 Å². The van der Waals surface area contributed by atoms with E-state index in [-0.39, 0.29) is 11.4 Å². The predicted octanol–water partition coefficient (Wildman–Crippen LogP) is 4.19. The summed E-state index contributed by atoms with van der Waals surface area (Å²) in [5, 5.41) is 0.667. The third-order valence-electron chi connectivity index (χ3n) is 6.22. The number of piperazine rings is 2. The first-order valence-electron chi connectivity index (χ1n) is 10.8. The molecule has 0 atom stereocenters. The van der Waals surface area contributed by atoms with Crippen molar-refractivity contribution in [1.29, 1.82) is 0 Å². The van der Waals surface area contributed by atoms with E-state index in [2.05, 4.69) is 53.8 Å². The molecule has 5 nitrogen and oxygen atoms in total. The number of hydrogen-bond acceptors (Lipinski definition) is 4. The fourth-order valence-electron chi connectivity index (χ4n) is 4.61. The van der Waals surface area contributed by atoms with Crippen molar-refractivity contribution in [2.45, 2.75) is 19.4 Å². The number of halogens is 1. The van der Waals surface area contributed by atoms with E-state index < -0.39 is 0 Å². The highest BCUT2D eigenvalue weighted by Gasteiger charge is 2.41. The van der Waals surface area contributed by atoms with Gasteiger partial charge in [-0.1, -0.05) is 29.8 Å². The molecule has 0 radical (unpaired) electrons. The molecule has 2 heterocycles. The Balaban J connectivity index is 1.71. The van der Waals surface area contributed by atoms with Crippen LogP contribution >= 0.6 is 11.6 Å². The number of carbonyl (C=O) groups is 1. The van der Waals surface area contributed by atoms with E-state index in [4.69, 9.17) is 11.6 Å². The highest BCUT2D eigenvalue weighted by atomic mass is 35.5. The molecule has 0 saturated carbocycles. The van der Waals surface area contributed by atoms with Crippen molar-refractivity contribution in [2.75, 3.05) is 56.6 Å². The van der Waals surface area contributed by atoms with Gasteiger partial charge in [-0.05, 0) is 57.3 Å². The van der Waals surface area contributed by atoms with Gasteiger partial charge < -0.3 is 14.7 Å². The molecule has 0 aromatic heterocycles. The van der Waals surface area contributed by atoms with Crippen molar-refractivity contribution in [3.05, 3.63) is 64.8 Å². The maximum absolute atomic E-state index is 13.7. The second-order valence-corrected chi connectivity index (χ2v) is 9.60. The van der Waals surface area contributed by atoms with Crippen LogP contribution in [0, 0.1) is 0 Å². The molecule has 0 N–H and O–H groups in total. The van der Waals surface area contributed by atoms with E-state index in [1.807, 2.05) is 48.4 Å². The Labute approximate surface area is 190 Å². The maximum Gasteiger partial charge on any atom is 0.275 e. The molecular formula is C25H31ClN4O. The maximum atomic E-state index is 13.7. The Morgan fingerprint density at radius 3 is 2.26 bits per heavy atom. The molecule has 0 bridgehead atoms. The molecule has 0 unspecified atom stereocenters. The molecule has 31 heavy (non-hydrogen) atoms. The SMILES string of the molecule is CN1CCN(c2ccccc2C=C2C(=O)N(c3ccc(Cl)cc3)C(C)(C)CN2C)CC1. The highest BCUT2D eigenvalue weighted by Crippen LogP contribution is 2.34. The van der Waals surface area contributed by atoms with Crippen molar-refractivity contribution >= 4 is 35.0 Å². The molecule has 0 aliphatic carbocycles. The van der Waals surface area contributed by atoms with Gasteiger partial charge >= 0.3 is 0 Å². The smallest absolute Gasteiger partial charge is 0.275 e. The molecule has 1 amide bonds.